The van der Waals surface area contributed by atoms with Gasteiger partial charge in [-0.25, -0.2) is 0 Å². The Bertz CT molecular complexity index is 909. The van der Waals surface area contributed by atoms with Gasteiger partial charge in [-0.05, 0) is 34.0 Å². The molecular formula is C18H17BrF3N2O5-. The number of carbonyl (C=O) groups is 1. The lowest BCUT2D eigenvalue weighted by Gasteiger charge is -2.14. The Hall–Kier alpha value is -2.53. The number of nitrogens with zero attached hydrogens (tertiary/aromatic N) is 2. The molecule has 11 heteroatoms. The van der Waals surface area contributed by atoms with Gasteiger partial charge < -0.3 is 24.5 Å². The van der Waals surface area contributed by atoms with E-state index in [-0.39, 0.29) is 27.8 Å². The molecule has 0 spiro atoms. The first-order valence-electron chi connectivity index (χ1n) is 8.23. The maximum atomic E-state index is 13.5. The highest BCUT2D eigenvalue weighted by molar-refractivity contribution is 9.10. The van der Waals surface area contributed by atoms with Crippen molar-refractivity contribution in [2.75, 3.05) is 7.11 Å². The minimum Gasteiger partial charge on any atom is -0.545 e. The molecule has 1 unspecified atom stereocenters. The average Bonchev–Trinajstić information content (AvgIpc) is 2.93. The van der Waals surface area contributed by atoms with Crippen LogP contribution in [0.4, 0.5) is 13.2 Å². The summed E-state index contributed by atoms with van der Waals surface area (Å²) in [4.78, 5) is 11.4. The van der Waals surface area contributed by atoms with Crippen LogP contribution in [0.5, 0.6) is 5.88 Å². The van der Waals surface area contributed by atoms with Crippen LogP contribution in [0.25, 0.3) is 5.57 Å². The number of alkyl halides is 3. The fourth-order valence-electron chi connectivity index (χ4n) is 2.53. The molecule has 2 aromatic rings. The van der Waals surface area contributed by atoms with E-state index in [0.717, 1.165) is 10.9 Å². The first-order chi connectivity index (χ1) is 13.6. The monoisotopic (exact) mass is 477 g/mol. The second kappa shape index (κ2) is 9.31. The van der Waals surface area contributed by atoms with Gasteiger partial charge in [-0.2, -0.15) is 13.2 Å². The Morgan fingerprint density at radius 3 is 2.62 bits per heavy atom. The van der Waals surface area contributed by atoms with E-state index in [4.69, 9.17) is 9.47 Å². The topological polar surface area (TPSA) is 96.6 Å². The van der Waals surface area contributed by atoms with E-state index in [1.54, 1.807) is 12.1 Å². The molecule has 29 heavy (non-hydrogen) atoms. The summed E-state index contributed by atoms with van der Waals surface area (Å²) in [5, 5.41) is 24.6. The predicted molar refractivity (Wildman–Crippen MR) is 97.4 cm³/mol. The fourth-order valence-corrected chi connectivity index (χ4v) is 3.14. The summed E-state index contributed by atoms with van der Waals surface area (Å²) in [5.41, 5.74) is -0.966. The third kappa shape index (κ3) is 5.51. The minimum atomic E-state index is -4.77. The largest absolute Gasteiger partial charge is 0.545 e. The summed E-state index contributed by atoms with van der Waals surface area (Å²) in [6.07, 6.45) is -4.74. The van der Waals surface area contributed by atoms with Gasteiger partial charge in [-0.1, -0.05) is 24.3 Å². The molecule has 0 aliphatic rings. The lowest BCUT2D eigenvalue weighted by atomic mass is 10.0. The third-order valence-corrected chi connectivity index (χ3v) is 4.51. The standard InChI is InChI=1S/C18H18BrF3N2O5/c1-10(25)7-24-15(19)14(18(20,21)22)16(23-24)29-8-11-5-3-4-6-12(11)13(9-28-2)17(26)27/h3-6,9-10,25H,7-8H2,1-2H3,(H,26,27)/p-1/b13-9+. The van der Waals surface area contributed by atoms with Gasteiger partial charge in [0.25, 0.3) is 0 Å². The number of carboxylic acid groups (broad SMARTS) is 1. The van der Waals surface area contributed by atoms with Crippen molar-refractivity contribution in [2.24, 2.45) is 0 Å². The van der Waals surface area contributed by atoms with Gasteiger partial charge in [0.1, 0.15) is 11.2 Å². The van der Waals surface area contributed by atoms with Crippen LogP contribution in [0.15, 0.2) is 35.1 Å². The van der Waals surface area contributed by atoms with E-state index in [1.807, 2.05) is 0 Å². The number of halogens is 4. The summed E-state index contributed by atoms with van der Waals surface area (Å²) in [6, 6.07) is 6.08. The summed E-state index contributed by atoms with van der Waals surface area (Å²) in [6.45, 7) is 0.822. The lowest BCUT2D eigenvalue weighted by molar-refractivity contribution is -0.295. The zero-order chi connectivity index (χ0) is 21.8. The number of benzene rings is 1. The molecule has 158 valence electrons. The van der Waals surface area contributed by atoms with Crippen molar-refractivity contribution in [3.05, 3.63) is 51.8 Å². The van der Waals surface area contributed by atoms with Crippen LogP contribution >= 0.6 is 15.9 Å². The van der Waals surface area contributed by atoms with Crippen molar-refractivity contribution >= 4 is 27.5 Å². The summed E-state index contributed by atoms with van der Waals surface area (Å²) in [7, 11) is 1.25. The Kier molecular flexibility index (Phi) is 7.31. The van der Waals surface area contributed by atoms with Gasteiger partial charge in [-0.15, -0.1) is 5.10 Å². The highest BCUT2D eigenvalue weighted by atomic mass is 79.9. The number of hydrogen-bond acceptors (Lipinski definition) is 6. The average molecular weight is 478 g/mol. The number of rotatable bonds is 8. The molecule has 1 N–H and O–H groups in total. The molecule has 1 aromatic carbocycles. The molecule has 7 nitrogen and oxygen atoms in total. The molecule has 1 heterocycles. The third-order valence-electron chi connectivity index (χ3n) is 3.71. The zero-order valence-electron chi connectivity index (χ0n) is 15.4. The van der Waals surface area contributed by atoms with Crippen LogP contribution in [-0.4, -0.2) is 34.1 Å². The van der Waals surface area contributed by atoms with Crippen molar-refractivity contribution in [1.29, 1.82) is 0 Å². The minimum absolute atomic E-state index is 0.172. The van der Waals surface area contributed by atoms with Crippen LogP contribution < -0.4 is 9.84 Å². The number of aliphatic carboxylic acids is 1. The van der Waals surface area contributed by atoms with E-state index >= 15 is 0 Å². The Balaban J connectivity index is 2.40. The number of carbonyl (C=O) groups excluding carboxylic acids is 1. The second-order valence-electron chi connectivity index (χ2n) is 6.00. The molecule has 2 rings (SSSR count). The molecule has 0 radical (unpaired) electrons. The number of carboxylic acids is 1. The Morgan fingerprint density at radius 2 is 2.07 bits per heavy atom. The first kappa shape index (κ1) is 22.8. The van der Waals surface area contributed by atoms with Crippen LogP contribution in [0.3, 0.4) is 0 Å². The maximum Gasteiger partial charge on any atom is 0.424 e. The van der Waals surface area contributed by atoms with Crippen molar-refractivity contribution in [3.63, 3.8) is 0 Å². The summed E-state index contributed by atoms with van der Waals surface area (Å²) < 4.78 is 51.0. The number of methoxy groups -OCH3 is 1. The number of ether oxygens (including phenoxy) is 2. The molecule has 1 atom stereocenters. The van der Waals surface area contributed by atoms with Crippen LogP contribution in [0, 0.1) is 0 Å². The van der Waals surface area contributed by atoms with Crippen LogP contribution in [0.1, 0.15) is 23.6 Å². The summed E-state index contributed by atoms with van der Waals surface area (Å²) in [5.74, 6) is -2.22. The number of aliphatic hydroxyl groups excluding tert-OH is 1. The predicted octanol–water partition coefficient (Wildman–Crippen LogP) is 2.36. The van der Waals surface area contributed by atoms with Crippen LogP contribution in [0.2, 0.25) is 0 Å². The van der Waals surface area contributed by atoms with Crippen molar-refractivity contribution in [1.82, 2.24) is 9.78 Å². The maximum absolute atomic E-state index is 13.5. The number of aliphatic hydroxyl groups is 1. The normalized spacial score (nSPS) is 13.3. The Labute approximate surface area is 172 Å². The smallest absolute Gasteiger partial charge is 0.424 e. The zero-order valence-corrected chi connectivity index (χ0v) is 17.0. The molecule has 0 saturated heterocycles. The van der Waals surface area contributed by atoms with E-state index < -0.39 is 36.3 Å². The molecular weight excluding hydrogens is 461 g/mol. The van der Waals surface area contributed by atoms with Gasteiger partial charge >= 0.3 is 6.18 Å². The molecule has 0 aliphatic carbocycles. The molecule has 0 amide bonds. The molecule has 0 saturated carbocycles. The lowest BCUT2D eigenvalue weighted by Crippen LogP contribution is -2.24. The Morgan fingerprint density at radius 1 is 1.41 bits per heavy atom. The van der Waals surface area contributed by atoms with Crippen LogP contribution in [-0.2, 0) is 28.9 Å². The van der Waals surface area contributed by atoms with Gasteiger partial charge in [0, 0.05) is 5.57 Å². The number of aromatic nitrogens is 2. The van der Waals surface area contributed by atoms with E-state index in [9.17, 15) is 28.2 Å². The van der Waals surface area contributed by atoms with E-state index in [0.29, 0.717) is 0 Å². The molecule has 0 aliphatic heterocycles. The van der Waals surface area contributed by atoms with Crippen molar-refractivity contribution in [3.8, 4) is 5.88 Å². The molecule has 1 aromatic heterocycles. The van der Waals surface area contributed by atoms with Crippen molar-refractivity contribution in [2.45, 2.75) is 32.4 Å². The second-order valence-corrected chi connectivity index (χ2v) is 6.75. The fraction of sp³-hybridized carbons (Fsp3) is 0.333. The van der Waals surface area contributed by atoms with Gasteiger partial charge in [0.2, 0.25) is 5.88 Å². The van der Waals surface area contributed by atoms with Gasteiger partial charge in [0.15, 0.2) is 5.56 Å². The van der Waals surface area contributed by atoms with E-state index in [1.165, 1.54) is 26.2 Å². The summed E-state index contributed by atoms with van der Waals surface area (Å²) >= 11 is 2.85. The highest BCUT2D eigenvalue weighted by Gasteiger charge is 2.41. The van der Waals surface area contributed by atoms with Crippen molar-refractivity contribution < 1.29 is 37.7 Å². The molecule has 0 fully saturated rings. The molecule has 0 bridgehead atoms. The quantitative estimate of drug-likeness (QED) is 0.463. The highest BCUT2D eigenvalue weighted by Crippen LogP contribution is 2.41. The van der Waals surface area contributed by atoms with Gasteiger partial charge in [0.05, 0.1) is 32.0 Å². The van der Waals surface area contributed by atoms with Gasteiger partial charge in [-0.3, -0.25) is 4.68 Å². The number of hydrogen-bond donors (Lipinski definition) is 1. The van der Waals surface area contributed by atoms with E-state index in [2.05, 4.69) is 21.0 Å². The first-order valence-corrected chi connectivity index (χ1v) is 9.02. The SMILES string of the molecule is CO/C=C(/C(=O)[O-])c1ccccc1COc1nn(CC(C)O)c(Br)c1C(F)(F)F.